The zero-order valence-corrected chi connectivity index (χ0v) is 10.4. The van der Waals surface area contributed by atoms with E-state index in [-0.39, 0.29) is 0 Å². The van der Waals surface area contributed by atoms with Gasteiger partial charge < -0.3 is 10.2 Å². The molecule has 0 amide bonds. The molecule has 0 fully saturated rings. The number of nitrogens with zero attached hydrogens (tertiary/aromatic N) is 3. The number of hydrogen-bond acceptors (Lipinski definition) is 6. The van der Waals surface area contributed by atoms with Gasteiger partial charge in [-0.25, -0.2) is 15.0 Å². The molecule has 0 saturated heterocycles. The second kappa shape index (κ2) is 4.30. The Labute approximate surface area is 107 Å². The lowest BCUT2D eigenvalue weighted by atomic mass is 10.3. The third-order valence-corrected chi connectivity index (χ3v) is 3.12. The quantitative estimate of drug-likeness (QED) is 0.562. The summed E-state index contributed by atoms with van der Waals surface area (Å²) in [5.74, 6) is 0.723. The van der Waals surface area contributed by atoms with E-state index in [1.807, 2.05) is 19.1 Å². The molecule has 5 nitrogen and oxygen atoms in total. The fraction of sp³-hybridized carbons (Fsp3) is 0.0833. The maximum atomic E-state index is 5.70. The first-order valence-electron chi connectivity index (χ1n) is 5.34. The van der Waals surface area contributed by atoms with E-state index in [0.717, 1.165) is 22.0 Å². The van der Waals surface area contributed by atoms with Crippen molar-refractivity contribution in [1.82, 2.24) is 15.0 Å². The number of anilines is 1. The second-order valence-corrected chi connectivity index (χ2v) is 4.72. The van der Waals surface area contributed by atoms with Crippen LogP contribution in [0, 0.1) is 6.92 Å². The molecule has 0 aliphatic heterocycles. The topological polar surface area (TPSA) is 77.8 Å². The first kappa shape index (κ1) is 11.0. The number of nitrogen functional groups attached to an aromatic ring is 1. The standard InChI is InChI=1S/C12H10N4OS/c1-7-14-5-4-11(15-7)18-12-16-9-6-8(13)2-3-10(9)17-12/h2-6H,13H2,1H3. The van der Waals surface area contributed by atoms with Crippen molar-refractivity contribution in [3.63, 3.8) is 0 Å². The molecule has 3 aromatic rings. The van der Waals surface area contributed by atoms with E-state index < -0.39 is 0 Å². The molecule has 1 aromatic carbocycles. The maximum absolute atomic E-state index is 5.70. The third-order valence-electron chi connectivity index (χ3n) is 2.33. The van der Waals surface area contributed by atoms with Gasteiger partial charge >= 0.3 is 0 Å². The number of aryl methyl sites for hydroxylation is 1. The van der Waals surface area contributed by atoms with Gasteiger partial charge in [0.2, 0.25) is 0 Å². The molecule has 90 valence electrons. The fourth-order valence-electron chi connectivity index (χ4n) is 1.55. The number of rotatable bonds is 2. The monoisotopic (exact) mass is 258 g/mol. The highest BCUT2D eigenvalue weighted by Gasteiger charge is 2.08. The highest BCUT2D eigenvalue weighted by molar-refractivity contribution is 7.99. The molecule has 0 bridgehead atoms. The molecule has 2 heterocycles. The number of oxazole rings is 1. The molecule has 0 atom stereocenters. The summed E-state index contributed by atoms with van der Waals surface area (Å²) in [5, 5.41) is 1.36. The van der Waals surface area contributed by atoms with Crippen LogP contribution in [0.4, 0.5) is 5.69 Å². The Morgan fingerprint density at radius 3 is 2.94 bits per heavy atom. The van der Waals surface area contributed by atoms with Gasteiger partial charge in [0, 0.05) is 11.9 Å². The van der Waals surface area contributed by atoms with Crippen LogP contribution in [0.2, 0.25) is 0 Å². The van der Waals surface area contributed by atoms with Crippen molar-refractivity contribution in [1.29, 1.82) is 0 Å². The Balaban J connectivity index is 1.95. The summed E-state index contributed by atoms with van der Waals surface area (Å²) in [6.45, 7) is 1.84. The average molecular weight is 258 g/mol. The van der Waals surface area contributed by atoms with Crippen molar-refractivity contribution in [2.24, 2.45) is 0 Å². The van der Waals surface area contributed by atoms with E-state index in [4.69, 9.17) is 10.2 Å². The predicted octanol–water partition coefficient (Wildman–Crippen LogP) is 2.66. The molecular formula is C12H10N4OS. The van der Waals surface area contributed by atoms with Gasteiger partial charge in [-0.1, -0.05) is 0 Å². The van der Waals surface area contributed by atoms with Crippen molar-refractivity contribution in [2.75, 3.05) is 5.73 Å². The van der Waals surface area contributed by atoms with Gasteiger partial charge in [-0.3, -0.25) is 0 Å². The molecule has 2 N–H and O–H groups in total. The van der Waals surface area contributed by atoms with Crippen molar-refractivity contribution >= 4 is 28.5 Å². The van der Waals surface area contributed by atoms with Crippen molar-refractivity contribution < 1.29 is 4.42 Å². The molecule has 0 aliphatic carbocycles. The van der Waals surface area contributed by atoms with Gasteiger partial charge in [0.05, 0.1) is 0 Å². The fourth-order valence-corrected chi connectivity index (χ4v) is 2.31. The smallest absolute Gasteiger partial charge is 0.263 e. The Kier molecular flexibility index (Phi) is 2.64. The molecule has 2 aromatic heterocycles. The highest BCUT2D eigenvalue weighted by atomic mass is 32.2. The molecule has 3 rings (SSSR count). The normalized spacial score (nSPS) is 10.9. The molecule has 6 heteroatoms. The van der Waals surface area contributed by atoms with Crippen LogP contribution in [-0.4, -0.2) is 15.0 Å². The van der Waals surface area contributed by atoms with Gasteiger partial charge in [-0.05, 0) is 43.0 Å². The van der Waals surface area contributed by atoms with Crippen LogP contribution >= 0.6 is 11.8 Å². The minimum atomic E-state index is 0.550. The van der Waals surface area contributed by atoms with Crippen molar-refractivity contribution in [3.05, 3.63) is 36.3 Å². The summed E-state index contributed by atoms with van der Waals surface area (Å²) in [6.07, 6.45) is 1.71. The lowest BCUT2D eigenvalue weighted by molar-refractivity contribution is 0.489. The summed E-state index contributed by atoms with van der Waals surface area (Å²) < 4.78 is 5.60. The summed E-state index contributed by atoms with van der Waals surface area (Å²) >= 11 is 1.36. The first-order valence-corrected chi connectivity index (χ1v) is 6.16. The summed E-state index contributed by atoms with van der Waals surface area (Å²) in [4.78, 5) is 12.7. The Morgan fingerprint density at radius 2 is 2.11 bits per heavy atom. The van der Waals surface area contributed by atoms with E-state index in [0.29, 0.717) is 10.9 Å². The molecule has 0 aliphatic rings. The summed E-state index contributed by atoms with van der Waals surface area (Å²) in [6, 6.07) is 7.21. The number of nitrogens with two attached hydrogens (primary N) is 1. The molecule has 0 unspecified atom stereocenters. The number of hydrogen-bond donors (Lipinski definition) is 1. The third kappa shape index (κ3) is 2.14. The number of fused-ring (bicyclic) bond motifs is 1. The summed E-state index contributed by atoms with van der Waals surface area (Å²) in [7, 11) is 0. The number of aromatic nitrogens is 3. The molecule has 0 saturated carbocycles. The van der Waals surface area contributed by atoms with Gasteiger partial charge in [-0.15, -0.1) is 0 Å². The van der Waals surface area contributed by atoms with E-state index in [9.17, 15) is 0 Å². The van der Waals surface area contributed by atoms with Crippen LogP contribution in [0.25, 0.3) is 11.1 Å². The lowest BCUT2D eigenvalue weighted by Crippen LogP contribution is -1.87. The molecule has 0 radical (unpaired) electrons. The van der Waals surface area contributed by atoms with Gasteiger partial charge in [0.25, 0.3) is 5.22 Å². The van der Waals surface area contributed by atoms with Crippen LogP contribution in [0.5, 0.6) is 0 Å². The lowest BCUT2D eigenvalue weighted by Gasteiger charge is -1.95. The minimum Gasteiger partial charge on any atom is -0.431 e. The first-order chi connectivity index (χ1) is 8.70. The Hall–Kier alpha value is -2.08. The SMILES string of the molecule is Cc1nccc(Sc2nc3cc(N)ccc3o2)n1. The highest BCUT2D eigenvalue weighted by Crippen LogP contribution is 2.29. The minimum absolute atomic E-state index is 0.550. The van der Waals surface area contributed by atoms with E-state index in [2.05, 4.69) is 15.0 Å². The van der Waals surface area contributed by atoms with Gasteiger partial charge in [0.15, 0.2) is 5.58 Å². The van der Waals surface area contributed by atoms with E-state index >= 15 is 0 Å². The zero-order chi connectivity index (χ0) is 12.5. The maximum Gasteiger partial charge on any atom is 0.263 e. The Bertz CT molecular complexity index is 710. The predicted molar refractivity (Wildman–Crippen MR) is 69.3 cm³/mol. The van der Waals surface area contributed by atoms with Crippen molar-refractivity contribution in [3.8, 4) is 0 Å². The second-order valence-electron chi connectivity index (χ2n) is 3.75. The van der Waals surface area contributed by atoms with Crippen LogP contribution < -0.4 is 5.73 Å². The molecule has 0 spiro atoms. The largest absolute Gasteiger partial charge is 0.431 e. The van der Waals surface area contributed by atoms with Gasteiger partial charge in [-0.2, -0.15) is 0 Å². The zero-order valence-electron chi connectivity index (χ0n) is 9.62. The van der Waals surface area contributed by atoms with Gasteiger partial charge in [0.1, 0.15) is 16.4 Å². The molecule has 18 heavy (non-hydrogen) atoms. The van der Waals surface area contributed by atoms with Crippen LogP contribution in [-0.2, 0) is 0 Å². The number of benzene rings is 1. The van der Waals surface area contributed by atoms with Crippen molar-refractivity contribution in [2.45, 2.75) is 17.2 Å². The summed E-state index contributed by atoms with van der Waals surface area (Å²) in [5.41, 5.74) is 7.84. The average Bonchev–Trinajstić information content (AvgIpc) is 2.70. The van der Waals surface area contributed by atoms with Crippen LogP contribution in [0.3, 0.4) is 0 Å². The van der Waals surface area contributed by atoms with E-state index in [1.54, 1.807) is 18.3 Å². The Morgan fingerprint density at radius 1 is 1.22 bits per heavy atom. The van der Waals surface area contributed by atoms with E-state index in [1.165, 1.54) is 11.8 Å². The van der Waals surface area contributed by atoms with Crippen LogP contribution in [0.15, 0.2) is 45.1 Å². The molecular weight excluding hydrogens is 248 g/mol. The van der Waals surface area contributed by atoms with Crippen LogP contribution in [0.1, 0.15) is 5.82 Å².